The summed E-state index contributed by atoms with van der Waals surface area (Å²) in [5.74, 6) is 0.764. The van der Waals surface area contributed by atoms with Crippen molar-refractivity contribution in [1.29, 1.82) is 0 Å². The second-order valence-electron chi connectivity index (χ2n) is 5.49. The smallest absolute Gasteiger partial charge is 0.154 e. The number of hydrogen-bond donors (Lipinski definition) is 0. The van der Waals surface area contributed by atoms with Crippen molar-refractivity contribution in [1.82, 2.24) is 4.90 Å². The van der Waals surface area contributed by atoms with E-state index in [-0.39, 0.29) is 5.25 Å². The Kier molecular flexibility index (Phi) is 3.16. The van der Waals surface area contributed by atoms with Crippen LogP contribution >= 0.6 is 0 Å². The zero-order valence-electron chi connectivity index (χ0n) is 10.5. The number of hydrogen-bond acceptors (Lipinski definition) is 3. The molecule has 18 heavy (non-hydrogen) atoms. The molecule has 2 saturated heterocycles. The monoisotopic (exact) mass is 265 g/mol. The van der Waals surface area contributed by atoms with Crippen LogP contribution in [0.3, 0.4) is 0 Å². The van der Waals surface area contributed by atoms with Crippen LogP contribution in [0.4, 0.5) is 0 Å². The molecule has 2 heterocycles. The molecular formula is C14H19NO2S. The van der Waals surface area contributed by atoms with Gasteiger partial charge in [0, 0.05) is 19.6 Å². The highest BCUT2D eigenvalue weighted by Gasteiger charge is 2.43. The number of sulfone groups is 1. The predicted octanol–water partition coefficient (Wildman–Crippen LogP) is 1.70. The Balaban J connectivity index is 1.71. The minimum Gasteiger partial charge on any atom is -0.297 e. The zero-order chi connectivity index (χ0) is 12.6. The van der Waals surface area contributed by atoms with Gasteiger partial charge >= 0.3 is 0 Å². The summed E-state index contributed by atoms with van der Waals surface area (Å²) in [6.45, 7) is 2.55. The van der Waals surface area contributed by atoms with Gasteiger partial charge in [-0.2, -0.15) is 0 Å². The van der Waals surface area contributed by atoms with E-state index in [9.17, 15) is 8.42 Å². The Hall–Kier alpha value is -0.870. The molecule has 2 aliphatic rings. The van der Waals surface area contributed by atoms with E-state index in [2.05, 4.69) is 17.0 Å². The third-order valence-corrected chi connectivity index (χ3v) is 6.48. The highest BCUT2D eigenvalue weighted by Crippen LogP contribution is 2.33. The first-order valence-corrected chi connectivity index (χ1v) is 8.34. The van der Waals surface area contributed by atoms with Crippen molar-refractivity contribution in [2.75, 3.05) is 18.8 Å². The Morgan fingerprint density at radius 3 is 2.67 bits per heavy atom. The lowest BCUT2D eigenvalue weighted by Crippen LogP contribution is -2.35. The molecule has 98 valence electrons. The Labute approximate surface area is 109 Å². The highest BCUT2D eigenvalue weighted by molar-refractivity contribution is 7.92. The molecular weight excluding hydrogens is 246 g/mol. The van der Waals surface area contributed by atoms with E-state index in [0.717, 1.165) is 32.5 Å². The molecule has 2 fully saturated rings. The molecule has 0 amide bonds. The van der Waals surface area contributed by atoms with Crippen LogP contribution in [0.15, 0.2) is 30.3 Å². The van der Waals surface area contributed by atoms with E-state index < -0.39 is 9.84 Å². The number of rotatable bonds is 2. The lowest BCUT2D eigenvalue weighted by molar-refractivity contribution is 0.313. The van der Waals surface area contributed by atoms with Crippen molar-refractivity contribution >= 4 is 9.84 Å². The molecule has 3 rings (SSSR count). The van der Waals surface area contributed by atoms with E-state index in [0.29, 0.717) is 11.7 Å². The Morgan fingerprint density at radius 1 is 1.17 bits per heavy atom. The summed E-state index contributed by atoms with van der Waals surface area (Å²) in [6.07, 6.45) is 1.93. The summed E-state index contributed by atoms with van der Waals surface area (Å²) in [7, 11) is -2.83. The van der Waals surface area contributed by atoms with Gasteiger partial charge < -0.3 is 0 Å². The quantitative estimate of drug-likeness (QED) is 0.816. The van der Waals surface area contributed by atoms with Gasteiger partial charge in [-0.05, 0) is 24.3 Å². The third-order valence-electron chi connectivity index (χ3n) is 4.17. The molecule has 1 aromatic rings. The highest BCUT2D eigenvalue weighted by atomic mass is 32.2. The summed E-state index contributed by atoms with van der Waals surface area (Å²) < 4.78 is 24.1. The minimum absolute atomic E-state index is 0.102. The van der Waals surface area contributed by atoms with Gasteiger partial charge in [-0.25, -0.2) is 8.42 Å². The molecule has 4 heteroatoms. The fourth-order valence-corrected chi connectivity index (χ4v) is 5.40. The van der Waals surface area contributed by atoms with Gasteiger partial charge in [-0.3, -0.25) is 4.90 Å². The SMILES string of the molecule is O=S1(=O)CCC[C@H]2CN(Cc3ccccc3)C[C@H]21. The maximum atomic E-state index is 12.0. The normalized spacial score (nSPS) is 31.1. The van der Waals surface area contributed by atoms with Crippen LogP contribution in [0, 0.1) is 5.92 Å². The largest absolute Gasteiger partial charge is 0.297 e. The summed E-state index contributed by atoms with van der Waals surface area (Å²) in [5, 5.41) is -0.102. The molecule has 0 spiro atoms. The standard InChI is InChI=1S/C14H19NO2S/c16-18(17)8-4-7-13-10-15(11-14(13)18)9-12-5-2-1-3-6-12/h1-3,5-6,13-14H,4,7-11H2/t13-,14+/m0/s1. The molecule has 0 aliphatic carbocycles. The van der Waals surface area contributed by atoms with Gasteiger partial charge in [0.15, 0.2) is 9.84 Å². The Bertz CT molecular complexity index is 512. The maximum absolute atomic E-state index is 12.0. The van der Waals surface area contributed by atoms with E-state index in [4.69, 9.17) is 0 Å². The predicted molar refractivity (Wildman–Crippen MR) is 72.0 cm³/mol. The average Bonchev–Trinajstić information content (AvgIpc) is 2.74. The van der Waals surface area contributed by atoms with Crippen molar-refractivity contribution in [3.63, 3.8) is 0 Å². The van der Waals surface area contributed by atoms with Crippen LogP contribution in [0.5, 0.6) is 0 Å². The second kappa shape index (κ2) is 4.67. The van der Waals surface area contributed by atoms with Crippen LogP contribution in [0.25, 0.3) is 0 Å². The average molecular weight is 265 g/mol. The van der Waals surface area contributed by atoms with Crippen LogP contribution in [-0.2, 0) is 16.4 Å². The lowest BCUT2D eigenvalue weighted by atomic mass is 10.0. The van der Waals surface area contributed by atoms with E-state index in [1.807, 2.05) is 18.2 Å². The topological polar surface area (TPSA) is 37.4 Å². The van der Waals surface area contributed by atoms with Gasteiger partial charge in [0.2, 0.25) is 0 Å². The summed E-state index contributed by atoms with van der Waals surface area (Å²) in [6, 6.07) is 10.3. The number of fused-ring (bicyclic) bond motifs is 1. The van der Waals surface area contributed by atoms with Crippen LogP contribution in [0.2, 0.25) is 0 Å². The van der Waals surface area contributed by atoms with Crippen LogP contribution in [-0.4, -0.2) is 37.4 Å². The van der Waals surface area contributed by atoms with Crippen molar-refractivity contribution in [2.45, 2.75) is 24.6 Å². The minimum atomic E-state index is -2.83. The first-order chi connectivity index (χ1) is 8.65. The molecule has 0 aromatic heterocycles. The van der Waals surface area contributed by atoms with E-state index >= 15 is 0 Å². The van der Waals surface area contributed by atoms with Gasteiger partial charge in [0.1, 0.15) is 0 Å². The molecule has 2 aliphatic heterocycles. The van der Waals surface area contributed by atoms with E-state index in [1.165, 1.54) is 5.56 Å². The molecule has 0 unspecified atom stereocenters. The fraction of sp³-hybridized carbons (Fsp3) is 0.571. The number of nitrogens with zero attached hydrogens (tertiary/aromatic N) is 1. The molecule has 0 N–H and O–H groups in total. The maximum Gasteiger partial charge on any atom is 0.154 e. The first kappa shape index (κ1) is 12.2. The van der Waals surface area contributed by atoms with Gasteiger partial charge in [-0.15, -0.1) is 0 Å². The summed E-state index contributed by atoms with van der Waals surface area (Å²) in [5.41, 5.74) is 1.27. The van der Waals surface area contributed by atoms with Crippen molar-refractivity contribution in [3.05, 3.63) is 35.9 Å². The number of benzene rings is 1. The Morgan fingerprint density at radius 2 is 1.94 bits per heavy atom. The van der Waals surface area contributed by atoms with Gasteiger partial charge in [0.25, 0.3) is 0 Å². The summed E-state index contributed by atoms with van der Waals surface area (Å²) in [4.78, 5) is 2.30. The van der Waals surface area contributed by atoms with E-state index in [1.54, 1.807) is 0 Å². The lowest BCUT2D eigenvalue weighted by Gasteiger charge is -2.23. The summed E-state index contributed by atoms with van der Waals surface area (Å²) >= 11 is 0. The fourth-order valence-electron chi connectivity index (χ4n) is 3.28. The van der Waals surface area contributed by atoms with Crippen LogP contribution < -0.4 is 0 Å². The van der Waals surface area contributed by atoms with Gasteiger partial charge in [0.05, 0.1) is 11.0 Å². The molecule has 0 bridgehead atoms. The second-order valence-corrected chi connectivity index (χ2v) is 7.83. The molecule has 1 aromatic carbocycles. The number of likely N-dealkylation sites (tertiary alicyclic amines) is 1. The molecule has 3 nitrogen and oxygen atoms in total. The van der Waals surface area contributed by atoms with Crippen LogP contribution in [0.1, 0.15) is 18.4 Å². The first-order valence-electron chi connectivity index (χ1n) is 6.63. The molecule has 0 radical (unpaired) electrons. The molecule has 2 atom stereocenters. The van der Waals surface area contributed by atoms with Crippen molar-refractivity contribution in [3.8, 4) is 0 Å². The van der Waals surface area contributed by atoms with Gasteiger partial charge in [-0.1, -0.05) is 30.3 Å². The van der Waals surface area contributed by atoms with Crippen molar-refractivity contribution in [2.24, 2.45) is 5.92 Å². The third kappa shape index (κ3) is 2.31. The van der Waals surface area contributed by atoms with Crippen molar-refractivity contribution < 1.29 is 8.42 Å². The molecule has 0 saturated carbocycles. The zero-order valence-corrected chi connectivity index (χ0v) is 11.3.